The van der Waals surface area contributed by atoms with Crippen LogP contribution in [0.2, 0.25) is 5.02 Å². The minimum absolute atomic E-state index is 0.0526. The summed E-state index contributed by atoms with van der Waals surface area (Å²) in [5.41, 5.74) is 6.84. The zero-order chi connectivity index (χ0) is 30.7. The Labute approximate surface area is 257 Å². The van der Waals surface area contributed by atoms with Gasteiger partial charge in [0.15, 0.2) is 0 Å². The topological polar surface area (TPSA) is 122 Å². The van der Waals surface area contributed by atoms with E-state index in [2.05, 4.69) is 10.5 Å². The third-order valence-electron chi connectivity index (χ3n) is 9.07. The summed E-state index contributed by atoms with van der Waals surface area (Å²) in [6, 6.07) is 26.4. The van der Waals surface area contributed by atoms with Crippen molar-refractivity contribution in [2.45, 2.75) is 24.7 Å². The first-order valence-corrected chi connectivity index (χ1v) is 14.5. The molecule has 0 radical (unpaired) electrons. The van der Waals surface area contributed by atoms with Gasteiger partial charge in [0.05, 0.1) is 34.3 Å². The van der Waals surface area contributed by atoms with Crippen molar-refractivity contribution in [2.24, 2.45) is 16.9 Å². The number of hydrogen-bond donors (Lipinski definition) is 1. The molecule has 3 amide bonds. The van der Waals surface area contributed by atoms with Crippen LogP contribution in [0.3, 0.4) is 0 Å². The Morgan fingerprint density at radius 2 is 1.61 bits per heavy atom. The van der Waals surface area contributed by atoms with Gasteiger partial charge in [-0.3, -0.25) is 24.5 Å². The number of hydrazone groups is 1. The summed E-state index contributed by atoms with van der Waals surface area (Å²) >= 11 is 6.42. The molecule has 2 bridgehead atoms. The van der Waals surface area contributed by atoms with Crippen LogP contribution in [0.15, 0.2) is 96.1 Å². The predicted octanol–water partition coefficient (Wildman–Crippen LogP) is 5.45. The average Bonchev–Trinajstić information content (AvgIpc) is 3.29. The Balaban J connectivity index is 1.31. The minimum Gasteiger partial charge on any atom is -0.274 e. The van der Waals surface area contributed by atoms with E-state index >= 15 is 0 Å². The van der Waals surface area contributed by atoms with Crippen LogP contribution in [0, 0.1) is 28.9 Å². The van der Waals surface area contributed by atoms with Gasteiger partial charge in [-0.05, 0) is 52.4 Å². The van der Waals surface area contributed by atoms with Crippen LogP contribution in [0.4, 0.5) is 11.4 Å². The molecule has 10 heteroatoms. The predicted molar refractivity (Wildman–Crippen MR) is 165 cm³/mol. The van der Waals surface area contributed by atoms with Gasteiger partial charge < -0.3 is 0 Å². The summed E-state index contributed by atoms with van der Waals surface area (Å²) in [6.07, 6.45) is 1.55. The first-order valence-electron chi connectivity index (χ1n) is 14.1. The molecular weight excluding hydrogens is 580 g/mol. The number of nitrogens with zero attached hydrogens (tertiary/aromatic N) is 3. The van der Waals surface area contributed by atoms with Gasteiger partial charge in [-0.15, -0.1) is 0 Å². The van der Waals surface area contributed by atoms with E-state index in [1.165, 1.54) is 29.2 Å². The number of nitrogens with one attached hydrogen (secondary N) is 1. The molecule has 0 saturated carbocycles. The van der Waals surface area contributed by atoms with Crippen LogP contribution in [-0.2, 0) is 26.2 Å². The fourth-order valence-corrected chi connectivity index (χ4v) is 7.37. The molecule has 1 N–H and O–H groups in total. The molecule has 4 aromatic rings. The number of nitro groups is 1. The number of hydrogen-bond acceptors (Lipinski definition) is 6. The fourth-order valence-electron chi connectivity index (χ4n) is 7.19. The highest BCUT2D eigenvalue weighted by atomic mass is 35.5. The average molecular weight is 605 g/mol. The number of imide groups is 1. The van der Waals surface area contributed by atoms with Gasteiger partial charge in [-0.25, -0.2) is 10.3 Å². The maximum absolute atomic E-state index is 14.4. The molecule has 1 aliphatic heterocycles. The Hall–Kier alpha value is -5.15. The quantitative estimate of drug-likeness (QED) is 0.136. The van der Waals surface area contributed by atoms with Gasteiger partial charge in [0, 0.05) is 29.3 Å². The first-order chi connectivity index (χ1) is 21.2. The van der Waals surface area contributed by atoms with E-state index in [1.54, 1.807) is 24.4 Å². The van der Waals surface area contributed by atoms with Crippen molar-refractivity contribution in [3.05, 3.63) is 140 Å². The number of halogens is 1. The fraction of sp³-hybridized carbons (Fsp3) is 0.176. The van der Waals surface area contributed by atoms with Gasteiger partial charge in [0.2, 0.25) is 17.7 Å². The molecule has 9 nitrogen and oxygen atoms in total. The third-order valence-corrected chi connectivity index (χ3v) is 9.47. The van der Waals surface area contributed by atoms with Crippen molar-refractivity contribution in [3.63, 3.8) is 0 Å². The number of aryl methyl sites for hydroxylation is 1. The van der Waals surface area contributed by atoms with E-state index in [0.717, 1.165) is 27.8 Å². The molecule has 4 aromatic carbocycles. The monoisotopic (exact) mass is 604 g/mol. The zero-order valence-corrected chi connectivity index (χ0v) is 24.2. The molecule has 44 heavy (non-hydrogen) atoms. The van der Waals surface area contributed by atoms with Gasteiger partial charge in [-0.1, -0.05) is 78.3 Å². The Kier molecular flexibility index (Phi) is 6.44. The molecule has 8 rings (SSSR count). The summed E-state index contributed by atoms with van der Waals surface area (Å²) in [5.74, 6) is -2.90. The van der Waals surface area contributed by atoms with Crippen LogP contribution >= 0.6 is 11.6 Å². The van der Waals surface area contributed by atoms with Crippen molar-refractivity contribution in [2.75, 3.05) is 4.90 Å². The van der Waals surface area contributed by atoms with E-state index < -0.39 is 28.1 Å². The maximum Gasteiger partial charge on any atom is 0.269 e. The molecule has 2 atom stereocenters. The lowest BCUT2D eigenvalue weighted by atomic mass is 9.47. The molecule has 1 fully saturated rings. The highest BCUT2D eigenvalue weighted by molar-refractivity contribution is 6.32. The van der Waals surface area contributed by atoms with Crippen LogP contribution in [-0.4, -0.2) is 28.9 Å². The number of carbonyl (C=O) groups is 3. The molecular formula is C34H25ClN4O5. The smallest absolute Gasteiger partial charge is 0.269 e. The zero-order valence-electron chi connectivity index (χ0n) is 23.4. The Morgan fingerprint density at radius 1 is 0.977 bits per heavy atom. The van der Waals surface area contributed by atoms with Crippen molar-refractivity contribution in [1.82, 2.24) is 5.43 Å². The van der Waals surface area contributed by atoms with Crippen LogP contribution in [0.5, 0.6) is 0 Å². The number of amides is 3. The standard InChI is InChI=1S/C34H25ClN4O5/c1-19-10-13-22(17-27(19)35)38-32(41)30-29-23-6-2-4-8-25(23)34(31(30)33(38)42,26-9-5-3-7-24(26)29)18-36-37-28(40)16-20-11-14-21(15-12-20)39(43)44/h2-15,17-18,29-31H,16H2,1H3,(H,37,40)/b36-18-/t29?,30-,31+,34?/m0/s1. The van der Waals surface area contributed by atoms with Gasteiger partial charge in [0.1, 0.15) is 0 Å². The van der Waals surface area contributed by atoms with Crippen LogP contribution < -0.4 is 10.3 Å². The molecule has 0 spiro atoms. The molecule has 0 aromatic heterocycles. The van der Waals surface area contributed by atoms with Gasteiger partial charge in [-0.2, -0.15) is 5.10 Å². The molecule has 218 valence electrons. The van der Waals surface area contributed by atoms with Crippen molar-refractivity contribution < 1.29 is 19.3 Å². The first kappa shape index (κ1) is 27.7. The van der Waals surface area contributed by atoms with Crippen LogP contribution in [0.1, 0.15) is 39.3 Å². The molecule has 1 saturated heterocycles. The number of rotatable bonds is 6. The normalized spacial score (nSPS) is 23.0. The summed E-state index contributed by atoms with van der Waals surface area (Å²) in [4.78, 5) is 53.3. The summed E-state index contributed by atoms with van der Waals surface area (Å²) in [7, 11) is 0. The largest absolute Gasteiger partial charge is 0.274 e. The number of nitro benzene ring substituents is 1. The van der Waals surface area contributed by atoms with Crippen LogP contribution in [0.25, 0.3) is 0 Å². The van der Waals surface area contributed by atoms with E-state index in [-0.39, 0.29) is 29.8 Å². The highest BCUT2D eigenvalue weighted by Gasteiger charge is 2.68. The van der Waals surface area contributed by atoms with Gasteiger partial charge >= 0.3 is 0 Å². The van der Waals surface area contributed by atoms with Crippen molar-refractivity contribution in [3.8, 4) is 0 Å². The summed E-state index contributed by atoms with van der Waals surface area (Å²) < 4.78 is 0. The second-order valence-corrected chi connectivity index (χ2v) is 11.8. The number of carbonyl (C=O) groups excluding carboxylic acids is 3. The molecule has 1 heterocycles. The van der Waals surface area contributed by atoms with E-state index in [9.17, 15) is 24.5 Å². The van der Waals surface area contributed by atoms with E-state index in [1.807, 2.05) is 55.5 Å². The van der Waals surface area contributed by atoms with E-state index in [0.29, 0.717) is 16.3 Å². The second-order valence-electron chi connectivity index (χ2n) is 11.4. The number of non-ortho nitro benzene ring substituents is 1. The Bertz CT molecular complexity index is 1870. The SMILES string of the molecule is Cc1ccc(N2C(=O)[C@H]3C4c5ccccc5C(/C=N\NC(=O)Cc5ccc([N+](=O)[O-])cc5)(c5ccccc54)[C@H]3C2=O)cc1Cl. The second kappa shape index (κ2) is 10.2. The number of anilines is 1. The molecule has 4 aliphatic rings. The lowest BCUT2D eigenvalue weighted by Gasteiger charge is -2.52. The number of benzene rings is 4. The van der Waals surface area contributed by atoms with Crippen molar-refractivity contribution in [1.29, 1.82) is 0 Å². The molecule has 0 unspecified atom stereocenters. The van der Waals surface area contributed by atoms with Crippen molar-refractivity contribution >= 4 is 46.9 Å². The minimum atomic E-state index is -1.14. The lowest BCUT2D eigenvalue weighted by molar-refractivity contribution is -0.384. The third kappa shape index (κ3) is 4.00. The Morgan fingerprint density at radius 3 is 2.23 bits per heavy atom. The maximum atomic E-state index is 14.4. The van der Waals surface area contributed by atoms with Gasteiger partial charge in [0.25, 0.3) is 5.69 Å². The lowest BCUT2D eigenvalue weighted by Crippen LogP contribution is -2.54. The summed E-state index contributed by atoms with van der Waals surface area (Å²) in [6.45, 7) is 1.86. The molecule has 3 aliphatic carbocycles. The highest BCUT2D eigenvalue weighted by Crippen LogP contribution is 2.63. The summed E-state index contributed by atoms with van der Waals surface area (Å²) in [5, 5.41) is 15.8. The van der Waals surface area contributed by atoms with E-state index in [4.69, 9.17) is 11.6 Å².